The third kappa shape index (κ3) is 3.91. The minimum atomic E-state index is -0.516. The first-order chi connectivity index (χ1) is 14.7. The fourth-order valence-electron chi connectivity index (χ4n) is 3.92. The Bertz CT molecular complexity index is 1230. The van der Waals surface area contributed by atoms with Gasteiger partial charge in [-0.25, -0.2) is 9.48 Å². The van der Waals surface area contributed by atoms with E-state index in [1.54, 1.807) is 11.0 Å². The molecule has 10 nitrogen and oxygen atoms in total. The van der Waals surface area contributed by atoms with E-state index in [1.807, 2.05) is 38.4 Å². The molecular formula is C21H25N7O3. The summed E-state index contributed by atoms with van der Waals surface area (Å²) in [6.45, 7) is 8.66. The fourth-order valence-corrected chi connectivity index (χ4v) is 3.92. The van der Waals surface area contributed by atoms with Gasteiger partial charge in [-0.3, -0.25) is 9.20 Å². The zero-order valence-corrected chi connectivity index (χ0v) is 18.0. The number of piperidine rings is 1. The Morgan fingerprint density at radius 1 is 1.29 bits per heavy atom. The van der Waals surface area contributed by atoms with Gasteiger partial charge in [0, 0.05) is 30.9 Å². The third-order valence-corrected chi connectivity index (χ3v) is 5.41. The molecule has 0 aromatic carbocycles. The predicted molar refractivity (Wildman–Crippen MR) is 113 cm³/mol. The number of nitrogens with one attached hydrogen (secondary N) is 1. The molecule has 162 valence electrons. The molecule has 10 heteroatoms. The van der Waals surface area contributed by atoms with Gasteiger partial charge < -0.3 is 14.6 Å². The highest BCUT2D eigenvalue weighted by molar-refractivity contribution is 5.68. The third-order valence-electron chi connectivity index (χ3n) is 5.41. The number of amides is 1. The van der Waals surface area contributed by atoms with Crippen molar-refractivity contribution in [3.63, 3.8) is 0 Å². The highest BCUT2D eigenvalue weighted by atomic mass is 16.6. The molecule has 4 heterocycles. The van der Waals surface area contributed by atoms with E-state index in [-0.39, 0.29) is 23.4 Å². The number of likely N-dealkylation sites (tertiary alicyclic amines) is 1. The monoisotopic (exact) mass is 423 g/mol. The van der Waals surface area contributed by atoms with Crippen LogP contribution in [0.1, 0.15) is 51.0 Å². The van der Waals surface area contributed by atoms with Crippen molar-refractivity contribution in [3.8, 4) is 17.3 Å². The molecule has 1 N–H and O–H groups in total. The van der Waals surface area contributed by atoms with E-state index in [0.717, 1.165) is 18.5 Å². The minimum absolute atomic E-state index is 0.112. The molecule has 0 saturated carbocycles. The highest BCUT2D eigenvalue weighted by Crippen LogP contribution is 2.28. The first kappa shape index (κ1) is 20.7. The number of fused-ring (bicyclic) bond motifs is 1. The number of carbonyl (C=O) groups excluding carboxylic acids is 1. The number of aromatic amines is 1. The zero-order chi connectivity index (χ0) is 22.3. The molecule has 0 unspecified atom stereocenters. The standard InChI is InChI=1S/C21H25N7O3/c1-13-19(14-9-17-23-12-16(11-22)27(17)18(29)10-14)24-25-28(13)15-5-7-26(8-6-15)20(30)31-21(2,3)4/h9-10,12,15,23H,5-8H2,1-4H3. The second-order valence-electron chi connectivity index (χ2n) is 8.76. The van der Waals surface area contributed by atoms with Gasteiger partial charge in [-0.2, -0.15) is 5.26 Å². The number of hydrogen-bond acceptors (Lipinski definition) is 6. The van der Waals surface area contributed by atoms with Crippen LogP contribution in [0.2, 0.25) is 0 Å². The van der Waals surface area contributed by atoms with Crippen molar-refractivity contribution in [3.05, 3.63) is 40.1 Å². The van der Waals surface area contributed by atoms with Gasteiger partial charge in [-0.05, 0) is 46.6 Å². The number of ether oxygens (including phenoxy) is 1. The quantitative estimate of drug-likeness (QED) is 0.676. The average molecular weight is 423 g/mol. The van der Waals surface area contributed by atoms with E-state index < -0.39 is 5.60 Å². The van der Waals surface area contributed by atoms with Crippen molar-refractivity contribution in [1.82, 2.24) is 29.3 Å². The summed E-state index contributed by atoms with van der Waals surface area (Å²) in [4.78, 5) is 29.5. The summed E-state index contributed by atoms with van der Waals surface area (Å²) in [7, 11) is 0. The number of H-pyrrole nitrogens is 1. The van der Waals surface area contributed by atoms with Crippen LogP contribution >= 0.6 is 0 Å². The molecule has 3 aromatic heterocycles. The maximum atomic E-state index is 12.5. The summed E-state index contributed by atoms with van der Waals surface area (Å²) in [6.07, 6.45) is 2.70. The second kappa shape index (κ2) is 7.58. The first-order valence-corrected chi connectivity index (χ1v) is 10.2. The molecule has 4 rings (SSSR count). The van der Waals surface area contributed by atoms with E-state index in [0.29, 0.717) is 30.0 Å². The normalized spacial score (nSPS) is 15.3. The van der Waals surface area contributed by atoms with Crippen molar-refractivity contribution in [2.45, 2.75) is 52.2 Å². The summed E-state index contributed by atoms with van der Waals surface area (Å²) in [5.74, 6) is 0. The minimum Gasteiger partial charge on any atom is -0.444 e. The molecule has 31 heavy (non-hydrogen) atoms. The lowest BCUT2D eigenvalue weighted by atomic mass is 10.0. The Balaban J connectivity index is 1.54. The fraction of sp³-hybridized carbons (Fsp3) is 0.476. The Hall–Kier alpha value is -3.61. The second-order valence-corrected chi connectivity index (χ2v) is 8.76. The van der Waals surface area contributed by atoms with Gasteiger partial charge in [0.2, 0.25) is 0 Å². The molecule has 0 spiro atoms. The summed E-state index contributed by atoms with van der Waals surface area (Å²) in [5, 5.41) is 17.8. The maximum Gasteiger partial charge on any atom is 0.410 e. The SMILES string of the molecule is Cc1c(-c2cc(=O)n3c(C#N)c[nH]c3c2)nnn1C1CCN(C(=O)OC(C)(C)C)CC1. The van der Waals surface area contributed by atoms with Crippen LogP contribution in [-0.4, -0.2) is 54.1 Å². The highest BCUT2D eigenvalue weighted by Gasteiger charge is 2.29. The van der Waals surface area contributed by atoms with Crippen molar-refractivity contribution in [2.24, 2.45) is 0 Å². The van der Waals surface area contributed by atoms with Crippen molar-refractivity contribution < 1.29 is 9.53 Å². The van der Waals surface area contributed by atoms with Gasteiger partial charge in [-0.15, -0.1) is 5.10 Å². The van der Waals surface area contributed by atoms with Crippen LogP contribution in [-0.2, 0) is 4.74 Å². The van der Waals surface area contributed by atoms with Gasteiger partial charge in [0.25, 0.3) is 5.56 Å². The summed E-state index contributed by atoms with van der Waals surface area (Å²) >= 11 is 0. The molecule has 3 aromatic rings. The molecule has 1 saturated heterocycles. The van der Waals surface area contributed by atoms with E-state index in [9.17, 15) is 9.59 Å². The van der Waals surface area contributed by atoms with Crippen LogP contribution in [0.4, 0.5) is 4.79 Å². The Morgan fingerprint density at radius 2 is 2.00 bits per heavy atom. The molecule has 0 atom stereocenters. The zero-order valence-electron chi connectivity index (χ0n) is 18.0. The topological polar surface area (TPSA) is 121 Å². The largest absolute Gasteiger partial charge is 0.444 e. The number of nitriles is 1. The molecule has 1 aliphatic heterocycles. The van der Waals surface area contributed by atoms with Gasteiger partial charge in [0.1, 0.15) is 28.7 Å². The molecule has 0 aliphatic carbocycles. The van der Waals surface area contributed by atoms with E-state index in [1.165, 1.54) is 16.7 Å². The Morgan fingerprint density at radius 3 is 2.65 bits per heavy atom. The van der Waals surface area contributed by atoms with E-state index >= 15 is 0 Å². The van der Waals surface area contributed by atoms with Crippen LogP contribution < -0.4 is 5.56 Å². The smallest absolute Gasteiger partial charge is 0.410 e. The van der Waals surface area contributed by atoms with Crippen LogP contribution in [0, 0.1) is 18.3 Å². The first-order valence-electron chi connectivity index (χ1n) is 10.2. The molecule has 1 amide bonds. The number of nitrogens with zero attached hydrogens (tertiary/aromatic N) is 6. The van der Waals surface area contributed by atoms with Gasteiger partial charge in [-0.1, -0.05) is 5.21 Å². The number of hydrogen-bond donors (Lipinski definition) is 1. The van der Waals surface area contributed by atoms with Crippen molar-refractivity contribution >= 4 is 11.7 Å². The lowest BCUT2D eigenvalue weighted by molar-refractivity contribution is 0.0184. The molecule has 0 bridgehead atoms. The van der Waals surface area contributed by atoms with Gasteiger partial charge in [0.05, 0.1) is 11.7 Å². The van der Waals surface area contributed by atoms with Crippen molar-refractivity contribution in [2.75, 3.05) is 13.1 Å². The maximum absolute atomic E-state index is 12.5. The van der Waals surface area contributed by atoms with Gasteiger partial charge >= 0.3 is 6.09 Å². The van der Waals surface area contributed by atoms with E-state index in [4.69, 9.17) is 10.00 Å². The predicted octanol–water partition coefficient (Wildman–Crippen LogP) is 2.64. The summed E-state index contributed by atoms with van der Waals surface area (Å²) < 4.78 is 8.66. The van der Waals surface area contributed by atoms with Crippen LogP contribution in [0.5, 0.6) is 0 Å². The lowest BCUT2D eigenvalue weighted by Gasteiger charge is -2.33. The van der Waals surface area contributed by atoms with Crippen LogP contribution in [0.25, 0.3) is 16.9 Å². The van der Waals surface area contributed by atoms with Crippen LogP contribution in [0.15, 0.2) is 23.1 Å². The number of aromatic nitrogens is 5. The molecule has 0 radical (unpaired) electrons. The molecule has 1 aliphatic rings. The molecular weight excluding hydrogens is 398 g/mol. The summed E-state index contributed by atoms with van der Waals surface area (Å²) in [5.41, 5.74) is 2.09. The lowest BCUT2D eigenvalue weighted by Crippen LogP contribution is -2.42. The van der Waals surface area contributed by atoms with Crippen LogP contribution in [0.3, 0.4) is 0 Å². The van der Waals surface area contributed by atoms with E-state index in [2.05, 4.69) is 15.3 Å². The molecule has 1 fully saturated rings. The summed E-state index contributed by atoms with van der Waals surface area (Å²) in [6, 6.07) is 5.36. The number of carbonyl (C=O) groups is 1. The van der Waals surface area contributed by atoms with Gasteiger partial charge in [0.15, 0.2) is 0 Å². The number of rotatable bonds is 2. The Kier molecular flexibility index (Phi) is 5.05. The average Bonchev–Trinajstić information content (AvgIpc) is 3.30. The number of pyridine rings is 1. The number of imidazole rings is 1. The van der Waals surface area contributed by atoms with Crippen molar-refractivity contribution in [1.29, 1.82) is 5.26 Å². The Labute approximate surface area is 179 Å².